The van der Waals surface area contributed by atoms with Crippen LogP contribution in [0.1, 0.15) is 17.3 Å². The van der Waals surface area contributed by atoms with Gasteiger partial charge in [0.15, 0.2) is 11.6 Å². The number of anilines is 4. The fraction of sp³-hybridized carbons (Fsp3) is 0.267. The third-order valence-corrected chi connectivity index (χ3v) is 2.85. The van der Waals surface area contributed by atoms with Crippen LogP contribution < -0.4 is 16.5 Å². The van der Waals surface area contributed by atoms with Crippen molar-refractivity contribution in [3.8, 4) is 0 Å². The molecule has 1 aromatic heterocycles. The zero-order chi connectivity index (χ0) is 16.8. The van der Waals surface area contributed by atoms with E-state index in [4.69, 9.17) is 10.5 Å². The summed E-state index contributed by atoms with van der Waals surface area (Å²) < 4.78 is 4.99. The smallest absolute Gasteiger partial charge is 0.338 e. The molecule has 0 aliphatic carbocycles. The third kappa shape index (κ3) is 4.30. The van der Waals surface area contributed by atoms with Crippen molar-refractivity contribution >= 4 is 29.0 Å². The Morgan fingerprint density at radius 3 is 2.74 bits per heavy atom. The van der Waals surface area contributed by atoms with E-state index in [1.807, 2.05) is 20.2 Å². The molecule has 0 saturated heterocycles. The highest BCUT2D eigenvalue weighted by molar-refractivity contribution is 5.91. The average Bonchev–Trinajstić information content (AvgIpc) is 2.51. The monoisotopic (exact) mass is 316 g/mol. The van der Waals surface area contributed by atoms with Crippen molar-refractivity contribution in [3.05, 3.63) is 36.2 Å². The SMILES string of the molecule is CCOC(=O)c1cccc(Nc2ncnc(NN(C)C)c2N)c1. The highest BCUT2D eigenvalue weighted by atomic mass is 16.5. The number of ether oxygens (including phenoxy) is 1. The maximum atomic E-state index is 11.8. The number of nitrogens with two attached hydrogens (primary N) is 1. The van der Waals surface area contributed by atoms with Gasteiger partial charge in [-0.3, -0.25) is 0 Å². The second-order valence-electron chi connectivity index (χ2n) is 4.92. The minimum absolute atomic E-state index is 0.328. The summed E-state index contributed by atoms with van der Waals surface area (Å²) in [5.41, 5.74) is 10.6. The highest BCUT2D eigenvalue weighted by Gasteiger charge is 2.11. The van der Waals surface area contributed by atoms with Gasteiger partial charge in [-0.1, -0.05) is 6.07 Å². The van der Waals surface area contributed by atoms with E-state index in [-0.39, 0.29) is 5.97 Å². The molecule has 0 amide bonds. The molecule has 2 rings (SSSR count). The van der Waals surface area contributed by atoms with Crippen LogP contribution in [-0.4, -0.2) is 41.6 Å². The van der Waals surface area contributed by atoms with Crippen LogP contribution >= 0.6 is 0 Å². The Morgan fingerprint density at radius 1 is 1.30 bits per heavy atom. The lowest BCUT2D eigenvalue weighted by molar-refractivity contribution is 0.0526. The number of carbonyl (C=O) groups excluding carboxylic acids is 1. The van der Waals surface area contributed by atoms with Crippen molar-refractivity contribution in [1.82, 2.24) is 15.0 Å². The number of nitrogens with zero attached hydrogens (tertiary/aromatic N) is 3. The maximum Gasteiger partial charge on any atom is 0.338 e. The molecule has 0 unspecified atom stereocenters. The van der Waals surface area contributed by atoms with Crippen molar-refractivity contribution in [2.75, 3.05) is 37.2 Å². The molecule has 1 heterocycles. The summed E-state index contributed by atoms with van der Waals surface area (Å²) >= 11 is 0. The number of hydrogen-bond donors (Lipinski definition) is 3. The molecule has 4 N–H and O–H groups in total. The first kappa shape index (κ1) is 16.5. The second kappa shape index (κ2) is 7.41. The van der Waals surface area contributed by atoms with Crippen LogP contribution in [0.5, 0.6) is 0 Å². The van der Waals surface area contributed by atoms with Crippen molar-refractivity contribution in [1.29, 1.82) is 0 Å². The van der Waals surface area contributed by atoms with Crippen LogP contribution in [-0.2, 0) is 4.74 Å². The van der Waals surface area contributed by atoms with Gasteiger partial charge in [0.25, 0.3) is 0 Å². The molecule has 0 radical (unpaired) electrons. The third-order valence-electron chi connectivity index (χ3n) is 2.85. The number of hydrogen-bond acceptors (Lipinski definition) is 8. The van der Waals surface area contributed by atoms with Gasteiger partial charge in [0.05, 0.1) is 12.2 Å². The van der Waals surface area contributed by atoms with E-state index in [0.29, 0.717) is 35.2 Å². The van der Waals surface area contributed by atoms with Gasteiger partial charge in [0, 0.05) is 19.8 Å². The Balaban J connectivity index is 2.22. The number of benzene rings is 1. The van der Waals surface area contributed by atoms with Gasteiger partial charge < -0.3 is 21.2 Å². The van der Waals surface area contributed by atoms with Crippen LogP contribution in [0.2, 0.25) is 0 Å². The van der Waals surface area contributed by atoms with Gasteiger partial charge in [0.1, 0.15) is 12.0 Å². The Bertz CT molecular complexity index is 689. The fourth-order valence-electron chi connectivity index (χ4n) is 1.87. The van der Waals surface area contributed by atoms with Gasteiger partial charge in [-0.2, -0.15) is 0 Å². The van der Waals surface area contributed by atoms with E-state index in [9.17, 15) is 4.79 Å². The molecule has 23 heavy (non-hydrogen) atoms. The molecule has 0 bridgehead atoms. The predicted molar refractivity (Wildman–Crippen MR) is 89.4 cm³/mol. The fourth-order valence-corrected chi connectivity index (χ4v) is 1.87. The molecule has 8 heteroatoms. The zero-order valence-corrected chi connectivity index (χ0v) is 13.3. The van der Waals surface area contributed by atoms with Crippen LogP contribution in [0.3, 0.4) is 0 Å². The summed E-state index contributed by atoms with van der Waals surface area (Å²) in [5, 5.41) is 4.81. The lowest BCUT2D eigenvalue weighted by atomic mass is 10.2. The van der Waals surface area contributed by atoms with Crippen LogP contribution in [0.4, 0.5) is 23.0 Å². The van der Waals surface area contributed by atoms with Gasteiger partial charge in [0.2, 0.25) is 0 Å². The first-order valence-electron chi connectivity index (χ1n) is 7.10. The highest BCUT2D eigenvalue weighted by Crippen LogP contribution is 2.26. The minimum Gasteiger partial charge on any atom is -0.462 e. The zero-order valence-electron chi connectivity index (χ0n) is 13.3. The van der Waals surface area contributed by atoms with E-state index in [1.165, 1.54) is 6.33 Å². The molecule has 0 aliphatic heterocycles. The number of carbonyl (C=O) groups is 1. The van der Waals surface area contributed by atoms with Crippen molar-refractivity contribution in [2.45, 2.75) is 6.92 Å². The van der Waals surface area contributed by atoms with E-state index >= 15 is 0 Å². The minimum atomic E-state index is -0.373. The van der Waals surface area contributed by atoms with Gasteiger partial charge in [-0.25, -0.2) is 19.8 Å². The lowest BCUT2D eigenvalue weighted by Crippen LogP contribution is -2.21. The van der Waals surface area contributed by atoms with E-state index in [0.717, 1.165) is 0 Å². The van der Waals surface area contributed by atoms with E-state index < -0.39 is 0 Å². The molecule has 122 valence electrons. The van der Waals surface area contributed by atoms with Gasteiger partial charge in [-0.15, -0.1) is 0 Å². The summed E-state index contributed by atoms with van der Waals surface area (Å²) in [5.74, 6) is 0.571. The number of aromatic nitrogens is 2. The number of esters is 1. The number of rotatable bonds is 6. The summed E-state index contributed by atoms with van der Waals surface area (Å²) in [4.78, 5) is 20.0. The predicted octanol–water partition coefficient (Wildman–Crippen LogP) is 1.87. The summed E-state index contributed by atoms with van der Waals surface area (Å²) in [6.45, 7) is 2.09. The molecule has 0 aliphatic rings. The Kier molecular flexibility index (Phi) is 5.32. The molecular formula is C15H20N6O2. The Morgan fingerprint density at radius 2 is 2.04 bits per heavy atom. The number of hydrazine groups is 1. The van der Waals surface area contributed by atoms with Crippen LogP contribution in [0.25, 0.3) is 0 Å². The standard InChI is InChI=1S/C15H20N6O2/c1-4-23-15(22)10-6-5-7-11(8-10)19-13-12(16)14(18-9-17-13)20-21(2)3/h5-9H,4,16H2,1-3H3,(H2,17,18,19,20). The second-order valence-corrected chi connectivity index (χ2v) is 4.92. The summed E-state index contributed by atoms with van der Waals surface area (Å²) in [7, 11) is 3.66. The van der Waals surface area contributed by atoms with Crippen molar-refractivity contribution in [2.24, 2.45) is 0 Å². The quantitative estimate of drug-likeness (QED) is 0.548. The molecule has 0 saturated carbocycles. The van der Waals surface area contributed by atoms with Crippen LogP contribution in [0.15, 0.2) is 30.6 Å². The molecule has 1 aromatic carbocycles. The Hall–Kier alpha value is -2.87. The molecule has 2 aromatic rings. The molecular weight excluding hydrogens is 296 g/mol. The Labute approximate surface area is 134 Å². The van der Waals surface area contributed by atoms with E-state index in [1.54, 1.807) is 30.1 Å². The van der Waals surface area contributed by atoms with E-state index in [2.05, 4.69) is 20.7 Å². The number of nitrogens with one attached hydrogen (secondary N) is 2. The maximum absolute atomic E-state index is 11.8. The first-order chi connectivity index (χ1) is 11.0. The van der Waals surface area contributed by atoms with Gasteiger partial charge in [-0.05, 0) is 25.1 Å². The molecule has 0 spiro atoms. The molecule has 8 nitrogen and oxygen atoms in total. The normalized spacial score (nSPS) is 10.4. The van der Waals surface area contributed by atoms with Crippen molar-refractivity contribution < 1.29 is 9.53 Å². The average molecular weight is 316 g/mol. The van der Waals surface area contributed by atoms with Crippen LogP contribution in [0, 0.1) is 0 Å². The summed E-state index contributed by atoms with van der Waals surface area (Å²) in [6, 6.07) is 6.93. The summed E-state index contributed by atoms with van der Waals surface area (Å²) in [6.07, 6.45) is 1.40. The molecule has 0 fully saturated rings. The topological polar surface area (TPSA) is 105 Å². The molecule has 0 atom stereocenters. The van der Waals surface area contributed by atoms with Gasteiger partial charge >= 0.3 is 5.97 Å². The first-order valence-corrected chi connectivity index (χ1v) is 7.10. The number of nitrogen functional groups attached to an aromatic ring is 1. The lowest BCUT2D eigenvalue weighted by Gasteiger charge is -2.16. The van der Waals surface area contributed by atoms with Crippen molar-refractivity contribution in [3.63, 3.8) is 0 Å². The largest absolute Gasteiger partial charge is 0.462 e.